The van der Waals surface area contributed by atoms with Crippen LogP contribution >= 0.6 is 11.8 Å². The van der Waals surface area contributed by atoms with Gasteiger partial charge in [0.05, 0.1) is 0 Å². The van der Waals surface area contributed by atoms with Crippen molar-refractivity contribution in [1.29, 1.82) is 0 Å². The maximum absolute atomic E-state index is 3.57. The van der Waals surface area contributed by atoms with Crippen LogP contribution in [0.1, 0.15) is 45.2 Å². The molecule has 0 aliphatic rings. The molecule has 1 aromatic rings. The number of hydrogen-bond donors (Lipinski definition) is 1. The van der Waals surface area contributed by atoms with Crippen LogP contribution in [0.15, 0.2) is 23.1 Å². The van der Waals surface area contributed by atoms with Gasteiger partial charge >= 0.3 is 0 Å². The van der Waals surface area contributed by atoms with Gasteiger partial charge in [-0.3, -0.25) is 0 Å². The number of nitrogens with one attached hydrogen (secondary N) is 1. The van der Waals surface area contributed by atoms with Crippen molar-refractivity contribution >= 4 is 11.8 Å². The van der Waals surface area contributed by atoms with E-state index < -0.39 is 0 Å². The van der Waals surface area contributed by atoms with Crippen LogP contribution in [0.25, 0.3) is 0 Å². The Hall–Kier alpha value is -0.470. The summed E-state index contributed by atoms with van der Waals surface area (Å²) in [6, 6.07) is 6.77. The van der Waals surface area contributed by atoms with Crippen LogP contribution in [0.2, 0.25) is 0 Å². The second kappa shape index (κ2) is 6.46. The Labute approximate surface area is 110 Å². The van der Waals surface area contributed by atoms with Crippen molar-refractivity contribution in [1.82, 2.24) is 5.32 Å². The second-order valence-corrected chi connectivity index (χ2v) is 6.70. The molecule has 0 heterocycles. The van der Waals surface area contributed by atoms with Gasteiger partial charge in [0.15, 0.2) is 0 Å². The molecule has 1 nitrogen and oxygen atoms in total. The zero-order valence-electron chi connectivity index (χ0n) is 11.8. The fourth-order valence-electron chi connectivity index (χ4n) is 1.56. The number of rotatable bonds is 5. The maximum Gasteiger partial charge on any atom is 0.0221 e. The van der Waals surface area contributed by atoms with Gasteiger partial charge in [0.25, 0.3) is 0 Å². The van der Waals surface area contributed by atoms with Crippen LogP contribution in [0.4, 0.5) is 0 Å². The molecule has 17 heavy (non-hydrogen) atoms. The number of hydrogen-bond acceptors (Lipinski definition) is 2. The largest absolute Gasteiger partial charge is 0.308 e. The lowest BCUT2D eigenvalue weighted by Crippen LogP contribution is -2.35. The Balaban J connectivity index is 2.76. The molecular formula is C15H25NS. The summed E-state index contributed by atoms with van der Waals surface area (Å²) in [6.07, 6.45) is 1.23. The van der Waals surface area contributed by atoms with Crippen LogP contribution in [0.3, 0.4) is 0 Å². The first-order chi connectivity index (χ1) is 7.92. The molecule has 1 N–H and O–H groups in total. The normalized spacial score (nSPS) is 11.8. The highest BCUT2D eigenvalue weighted by molar-refractivity contribution is 7.99. The third kappa shape index (κ3) is 5.60. The Morgan fingerprint density at radius 2 is 1.94 bits per heavy atom. The molecule has 0 saturated carbocycles. The van der Waals surface area contributed by atoms with Crippen molar-refractivity contribution in [3.8, 4) is 0 Å². The van der Waals surface area contributed by atoms with E-state index in [4.69, 9.17) is 0 Å². The first kappa shape index (κ1) is 14.6. The van der Waals surface area contributed by atoms with Gasteiger partial charge in [0.1, 0.15) is 0 Å². The topological polar surface area (TPSA) is 12.0 Å². The fourth-order valence-corrected chi connectivity index (χ4v) is 2.46. The minimum absolute atomic E-state index is 0.177. The fraction of sp³-hybridized carbons (Fsp3) is 0.600. The number of thioether (sulfide) groups is 1. The van der Waals surface area contributed by atoms with E-state index in [1.54, 1.807) is 0 Å². The molecule has 0 fully saturated rings. The molecule has 1 aromatic carbocycles. The summed E-state index contributed by atoms with van der Waals surface area (Å²) in [6.45, 7) is 12.0. The minimum Gasteiger partial charge on any atom is -0.308 e. The lowest BCUT2D eigenvalue weighted by Gasteiger charge is -2.21. The molecule has 0 unspecified atom stereocenters. The van der Waals surface area contributed by atoms with Crippen molar-refractivity contribution in [2.45, 2.75) is 58.0 Å². The van der Waals surface area contributed by atoms with Gasteiger partial charge < -0.3 is 5.32 Å². The van der Waals surface area contributed by atoms with E-state index in [0.29, 0.717) is 0 Å². The SMILES string of the molecule is CCCSc1ccc(C)cc1CNC(C)(C)C. The van der Waals surface area contributed by atoms with Crippen LogP contribution in [0, 0.1) is 6.92 Å². The summed E-state index contributed by atoms with van der Waals surface area (Å²) in [5.41, 5.74) is 2.95. The van der Waals surface area contributed by atoms with Crippen molar-refractivity contribution in [2.24, 2.45) is 0 Å². The third-order valence-corrected chi connectivity index (χ3v) is 3.81. The van der Waals surface area contributed by atoms with Crippen LogP contribution in [0.5, 0.6) is 0 Å². The van der Waals surface area contributed by atoms with Crippen molar-refractivity contribution in [3.63, 3.8) is 0 Å². The Morgan fingerprint density at radius 3 is 2.53 bits per heavy atom. The molecular weight excluding hydrogens is 226 g/mol. The Kier molecular flexibility index (Phi) is 5.54. The van der Waals surface area contributed by atoms with E-state index in [1.807, 2.05) is 11.8 Å². The van der Waals surface area contributed by atoms with E-state index in [-0.39, 0.29) is 5.54 Å². The van der Waals surface area contributed by atoms with Gasteiger partial charge in [-0.05, 0) is 51.5 Å². The molecule has 0 bridgehead atoms. The molecule has 0 radical (unpaired) electrons. The summed E-state index contributed by atoms with van der Waals surface area (Å²) in [4.78, 5) is 1.43. The molecule has 1 rings (SSSR count). The predicted octanol–water partition coefficient (Wildman–Crippen LogP) is 4.39. The van der Waals surface area contributed by atoms with Crippen molar-refractivity contribution < 1.29 is 0 Å². The zero-order chi connectivity index (χ0) is 12.9. The quantitative estimate of drug-likeness (QED) is 0.779. The highest BCUT2D eigenvalue weighted by Crippen LogP contribution is 2.24. The van der Waals surface area contributed by atoms with Crippen LogP contribution in [-0.4, -0.2) is 11.3 Å². The summed E-state index contributed by atoms with van der Waals surface area (Å²) < 4.78 is 0. The lowest BCUT2D eigenvalue weighted by atomic mass is 10.1. The Morgan fingerprint density at radius 1 is 1.24 bits per heavy atom. The smallest absolute Gasteiger partial charge is 0.0221 e. The van der Waals surface area contributed by atoms with Gasteiger partial charge in [-0.15, -0.1) is 11.8 Å². The molecule has 96 valence electrons. The Bertz CT molecular complexity index is 352. The third-order valence-electron chi connectivity index (χ3n) is 2.49. The first-order valence-corrected chi connectivity index (χ1v) is 7.38. The summed E-state index contributed by atoms with van der Waals surface area (Å²) >= 11 is 1.97. The van der Waals surface area contributed by atoms with E-state index in [1.165, 1.54) is 28.2 Å². The second-order valence-electron chi connectivity index (χ2n) is 5.56. The molecule has 0 saturated heterocycles. The predicted molar refractivity (Wildman–Crippen MR) is 78.8 cm³/mol. The van der Waals surface area contributed by atoms with Crippen molar-refractivity contribution in [3.05, 3.63) is 29.3 Å². The minimum atomic E-state index is 0.177. The number of benzene rings is 1. The molecule has 2 heteroatoms. The summed E-state index contributed by atoms with van der Waals surface area (Å²) in [5.74, 6) is 1.20. The van der Waals surface area contributed by atoms with Crippen LogP contribution < -0.4 is 5.32 Å². The molecule has 0 amide bonds. The van der Waals surface area contributed by atoms with E-state index in [2.05, 4.69) is 58.1 Å². The van der Waals surface area contributed by atoms with E-state index in [9.17, 15) is 0 Å². The monoisotopic (exact) mass is 251 g/mol. The summed E-state index contributed by atoms with van der Waals surface area (Å²) in [5, 5.41) is 3.57. The molecule has 0 aliphatic heterocycles. The van der Waals surface area contributed by atoms with Crippen molar-refractivity contribution in [2.75, 3.05) is 5.75 Å². The maximum atomic E-state index is 3.57. The molecule has 0 aromatic heterocycles. The van der Waals surface area contributed by atoms with Gasteiger partial charge in [-0.1, -0.05) is 24.6 Å². The standard InChI is InChI=1S/C15H25NS/c1-6-9-17-14-8-7-12(2)10-13(14)11-16-15(3,4)5/h7-8,10,16H,6,9,11H2,1-5H3. The molecule has 0 spiro atoms. The van der Waals surface area contributed by atoms with E-state index in [0.717, 1.165) is 6.54 Å². The highest BCUT2D eigenvalue weighted by Gasteiger charge is 2.10. The van der Waals surface area contributed by atoms with Gasteiger partial charge in [-0.25, -0.2) is 0 Å². The molecule has 0 aliphatic carbocycles. The molecule has 0 atom stereocenters. The lowest BCUT2D eigenvalue weighted by molar-refractivity contribution is 0.422. The summed E-state index contributed by atoms with van der Waals surface area (Å²) in [7, 11) is 0. The van der Waals surface area contributed by atoms with E-state index >= 15 is 0 Å². The highest BCUT2D eigenvalue weighted by atomic mass is 32.2. The zero-order valence-corrected chi connectivity index (χ0v) is 12.6. The van der Waals surface area contributed by atoms with Gasteiger partial charge in [0, 0.05) is 17.0 Å². The average molecular weight is 251 g/mol. The van der Waals surface area contributed by atoms with Gasteiger partial charge in [0.2, 0.25) is 0 Å². The van der Waals surface area contributed by atoms with Crippen LogP contribution in [-0.2, 0) is 6.54 Å². The number of aryl methyl sites for hydroxylation is 1. The first-order valence-electron chi connectivity index (χ1n) is 6.40. The van der Waals surface area contributed by atoms with Gasteiger partial charge in [-0.2, -0.15) is 0 Å². The average Bonchev–Trinajstić information content (AvgIpc) is 2.24.